The van der Waals surface area contributed by atoms with E-state index < -0.39 is 0 Å². The van der Waals surface area contributed by atoms with Crippen LogP contribution in [0.5, 0.6) is 0 Å². The van der Waals surface area contributed by atoms with Crippen LogP contribution >= 0.6 is 0 Å². The fraction of sp³-hybridized carbons (Fsp3) is 0.500. The zero-order chi connectivity index (χ0) is 8.10. The van der Waals surface area contributed by atoms with Crippen LogP contribution in [0.4, 0.5) is 0 Å². The lowest BCUT2D eigenvalue weighted by molar-refractivity contribution is 0.0980. The Labute approximate surface area is 65.8 Å². The van der Waals surface area contributed by atoms with Crippen molar-refractivity contribution in [3.8, 4) is 0 Å². The summed E-state index contributed by atoms with van der Waals surface area (Å²) in [7, 11) is 0. The molecule has 0 spiro atoms. The molecule has 0 radical (unpaired) electrons. The molecule has 1 heterocycles. The summed E-state index contributed by atoms with van der Waals surface area (Å²) in [5, 5.41) is 6.32. The number of nitrogens with one attached hydrogen (secondary N) is 1. The maximum atomic E-state index is 11.2. The molecule has 1 aromatic rings. The van der Waals surface area contributed by atoms with Crippen molar-refractivity contribution in [1.29, 1.82) is 0 Å². The molecule has 60 valence electrons. The predicted octanol–water partition coefficient (Wildman–Crippen LogP) is 1.78. The fourth-order valence-corrected chi connectivity index (χ4v) is 0.885. The van der Waals surface area contributed by atoms with Gasteiger partial charge in [0.25, 0.3) is 0 Å². The molecule has 1 aromatic heterocycles. The van der Waals surface area contributed by atoms with Crippen molar-refractivity contribution in [3.05, 3.63) is 18.0 Å². The Bertz CT molecular complexity index is 216. The Hall–Kier alpha value is -1.12. The highest BCUT2D eigenvalue weighted by molar-refractivity contribution is 5.95. The van der Waals surface area contributed by atoms with Gasteiger partial charge in [-0.1, -0.05) is 13.3 Å². The molecule has 0 saturated carbocycles. The zero-order valence-electron chi connectivity index (χ0n) is 6.63. The molecule has 0 aliphatic rings. The number of Topliss-reactive ketones (excluding diaryl/α,β-unsaturated/α-hetero) is 1. The molecule has 3 heteroatoms. The van der Waals surface area contributed by atoms with Gasteiger partial charge in [-0.2, -0.15) is 5.10 Å². The monoisotopic (exact) mass is 152 g/mol. The highest BCUT2D eigenvalue weighted by Gasteiger charge is 2.04. The number of carbonyl (C=O) groups excluding carboxylic acids is 1. The third-order valence-electron chi connectivity index (χ3n) is 1.58. The van der Waals surface area contributed by atoms with Gasteiger partial charge >= 0.3 is 0 Å². The van der Waals surface area contributed by atoms with Gasteiger partial charge in [0.1, 0.15) is 0 Å². The molecule has 3 nitrogen and oxygen atoms in total. The van der Waals surface area contributed by atoms with Crippen LogP contribution in [-0.2, 0) is 0 Å². The molecule has 0 bridgehead atoms. The molecule has 1 rings (SSSR count). The first-order chi connectivity index (χ1) is 5.34. The summed E-state index contributed by atoms with van der Waals surface area (Å²) >= 11 is 0. The number of H-pyrrole nitrogens is 1. The van der Waals surface area contributed by atoms with Crippen LogP contribution in [0.3, 0.4) is 0 Å². The fourth-order valence-electron chi connectivity index (χ4n) is 0.885. The highest BCUT2D eigenvalue weighted by atomic mass is 16.1. The molecule has 0 aliphatic carbocycles. The number of aromatic nitrogens is 2. The summed E-state index contributed by atoms with van der Waals surface area (Å²) in [4.78, 5) is 11.2. The van der Waals surface area contributed by atoms with Crippen molar-refractivity contribution in [3.63, 3.8) is 0 Å². The normalized spacial score (nSPS) is 9.91. The van der Waals surface area contributed by atoms with E-state index in [1.165, 1.54) is 0 Å². The van der Waals surface area contributed by atoms with E-state index >= 15 is 0 Å². The molecule has 0 fully saturated rings. The average molecular weight is 152 g/mol. The van der Waals surface area contributed by atoms with Gasteiger partial charge in [0.05, 0.1) is 11.8 Å². The minimum Gasteiger partial charge on any atom is -0.294 e. The van der Waals surface area contributed by atoms with Gasteiger partial charge in [0, 0.05) is 12.6 Å². The smallest absolute Gasteiger partial charge is 0.166 e. The Morgan fingerprint density at radius 1 is 1.73 bits per heavy atom. The molecule has 0 aromatic carbocycles. The molecule has 0 atom stereocenters. The van der Waals surface area contributed by atoms with E-state index in [2.05, 4.69) is 17.1 Å². The lowest BCUT2D eigenvalue weighted by atomic mass is 10.1. The first-order valence-electron chi connectivity index (χ1n) is 3.86. The number of hydrogen-bond donors (Lipinski definition) is 1. The van der Waals surface area contributed by atoms with Crippen molar-refractivity contribution in [1.82, 2.24) is 10.2 Å². The van der Waals surface area contributed by atoms with Gasteiger partial charge in [-0.05, 0) is 6.42 Å². The number of unbranched alkanes of at least 4 members (excludes halogenated alkanes) is 1. The SMILES string of the molecule is CCCCC(=O)c1cn[nH]c1. The molecule has 11 heavy (non-hydrogen) atoms. The molecule has 1 N–H and O–H groups in total. The van der Waals surface area contributed by atoms with Crippen LogP contribution in [0.25, 0.3) is 0 Å². The topological polar surface area (TPSA) is 45.8 Å². The van der Waals surface area contributed by atoms with Crippen molar-refractivity contribution < 1.29 is 4.79 Å². The van der Waals surface area contributed by atoms with E-state index in [1.54, 1.807) is 12.4 Å². The van der Waals surface area contributed by atoms with Crippen molar-refractivity contribution in [2.24, 2.45) is 0 Å². The lowest BCUT2D eigenvalue weighted by Crippen LogP contribution is -1.95. The summed E-state index contributed by atoms with van der Waals surface area (Å²) in [6, 6.07) is 0. The Morgan fingerprint density at radius 2 is 2.55 bits per heavy atom. The van der Waals surface area contributed by atoms with E-state index in [0.29, 0.717) is 12.0 Å². The van der Waals surface area contributed by atoms with Crippen LogP contribution in [0.15, 0.2) is 12.4 Å². The van der Waals surface area contributed by atoms with E-state index in [-0.39, 0.29) is 5.78 Å². The number of nitrogens with zero attached hydrogens (tertiary/aromatic N) is 1. The minimum absolute atomic E-state index is 0.181. The zero-order valence-corrected chi connectivity index (χ0v) is 6.63. The summed E-state index contributed by atoms with van der Waals surface area (Å²) in [6.07, 6.45) is 5.86. The second-order valence-electron chi connectivity index (χ2n) is 2.51. The second-order valence-corrected chi connectivity index (χ2v) is 2.51. The number of aromatic amines is 1. The third kappa shape index (κ3) is 2.18. The molecule has 0 unspecified atom stereocenters. The van der Waals surface area contributed by atoms with Gasteiger partial charge < -0.3 is 0 Å². The lowest BCUT2D eigenvalue weighted by Gasteiger charge is -1.92. The van der Waals surface area contributed by atoms with E-state index in [0.717, 1.165) is 12.8 Å². The van der Waals surface area contributed by atoms with Gasteiger partial charge in [0.2, 0.25) is 0 Å². The van der Waals surface area contributed by atoms with Crippen LogP contribution in [0.2, 0.25) is 0 Å². The van der Waals surface area contributed by atoms with E-state index in [4.69, 9.17) is 0 Å². The second kappa shape index (κ2) is 3.91. The predicted molar refractivity (Wildman–Crippen MR) is 42.4 cm³/mol. The summed E-state index contributed by atoms with van der Waals surface area (Å²) in [5.74, 6) is 0.181. The van der Waals surface area contributed by atoms with Crippen LogP contribution in [0.1, 0.15) is 36.5 Å². The summed E-state index contributed by atoms with van der Waals surface area (Å²) in [6.45, 7) is 2.07. The maximum absolute atomic E-state index is 11.2. The Kier molecular flexibility index (Phi) is 2.83. The number of carbonyl (C=O) groups is 1. The van der Waals surface area contributed by atoms with E-state index in [9.17, 15) is 4.79 Å². The molecule has 0 aliphatic heterocycles. The van der Waals surface area contributed by atoms with Gasteiger partial charge in [-0.3, -0.25) is 9.89 Å². The molecular formula is C8H12N2O. The standard InChI is InChI=1S/C8H12N2O/c1-2-3-4-8(11)7-5-9-10-6-7/h5-6H,2-4H2,1H3,(H,9,10). The first-order valence-corrected chi connectivity index (χ1v) is 3.86. The van der Waals surface area contributed by atoms with Crippen molar-refractivity contribution >= 4 is 5.78 Å². The van der Waals surface area contributed by atoms with E-state index in [1.807, 2.05) is 0 Å². The van der Waals surface area contributed by atoms with Crippen molar-refractivity contribution in [2.45, 2.75) is 26.2 Å². The summed E-state index contributed by atoms with van der Waals surface area (Å²) in [5.41, 5.74) is 0.693. The summed E-state index contributed by atoms with van der Waals surface area (Å²) < 4.78 is 0. The number of hydrogen-bond acceptors (Lipinski definition) is 2. The highest BCUT2D eigenvalue weighted by Crippen LogP contribution is 2.03. The molecule has 0 saturated heterocycles. The van der Waals surface area contributed by atoms with Gasteiger partial charge in [-0.25, -0.2) is 0 Å². The maximum Gasteiger partial charge on any atom is 0.166 e. The largest absolute Gasteiger partial charge is 0.294 e. The first kappa shape index (κ1) is 7.98. The Balaban J connectivity index is 2.43. The quantitative estimate of drug-likeness (QED) is 0.668. The number of rotatable bonds is 4. The average Bonchev–Trinajstić information content (AvgIpc) is 2.52. The van der Waals surface area contributed by atoms with Gasteiger partial charge in [-0.15, -0.1) is 0 Å². The van der Waals surface area contributed by atoms with Gasteiger partial charge in [0.15, 0.2) is 5.78 Å². The van der Waals surface area contributed by atoms with Crippen LogP contribution < -0.4 is 0 Å². The molecule has 0 amide bonds. The Morgan fingerprint density at radius 3 is 3.09 bits per heavy atom. The van der Waals surface area contributed by atoms with Crippen molar-refractivity contribution in [2.75, 3.05) is 0 Å². The third-order valence-corrected chi connectivity index (χ3v) is 1.58. The van der Waals surface area contributed by atoms with Crippen LogP contribution in [-0.4, -0.2) is 16.0 Å². The minimum atomic E-state index is 0.181. The molecular weight excluding hydrogens is 140 g/mol. The number of ketones is 1. The van der Waals surface area contributed by atoms with Crippen LogP contribution in [0, 0.1) is 0 Å².